The Morgan fingerprint density at radius 3 is 2.82 bits per heavy atom. The van der Waals surface area contributed by atoms with Crippen LogP contribution >= 0.6 is 0 Å². The standard InChI is InChI=1S/C12H15N3O2/c1-2-12-14-8-5-10-11(17-7-16-10)6-9(8)15(12)4-3-13/h5-6H,2-4,7,13H2,1H3. The van der Waals surface area contributed by atoms with E-state index in [0.717, 1.165) is 41.3 Å². The molecule has 0 bridgehead atoms. The Kier molecular flexibility index (Phi) is 2.40. The number of nitrogens with two attached hydrogens (primary N) is 1. The first-order valence-electron chi connectivity index (χ1n) is 5.82. The molecule has 0 unspecified atom stereocenters. The van der Waals surface area contributed by atoms with Crippen LogP contribution in [0.2, 0.25) is 0 Å². The molecule has 0 amide bonds. The fraction of sp³-hybridized carbons (Fsp3) is 0.417. The Balaban J connectivity index is 2.21. The molecule has 0 saturated carbocycles. The van der Waals surface area contributed by atoms with Gasteiger partial charge in [-0.05, 0) is 0 Å². The van der Waals surface area contributed by atoms with Crippen molar-refractivity contribution in [1.82, 2.24) is 9.55 Å². The highest BCUT2D eigenvalue weighted by Crippen LogP contribution is 2.36. The summed E-state index contributed by atoms with van der Waals surface area (Å²) in [5.74, 6) is 2.62. The van der Waals surface area contributed by atoms with Gasteiger partial charge in [-0.3, -0.25) is 0 Å². The normalized spacial score (nSPS) is 13.5. The Hall–Kier alpha value is -1.75. The molecule has 90 valence electrons. The summed E-state index contributed by atoms with van der Waals surface area (Å²) in [4.78, 5) is 4.60. The van der Waals surface area contributed by atoms with E-state index in [2.05, 4.69) is 16.5 Å². The second-order valence-electron chi connectivity index (χ2n) is 4.02. The van der Waals surface area contributed by atoms with Crippen molar-refractivity contribution in [2.24, 2.45) is 5.73 Å². The molecule has 1 aromatic heterocycles. The summed E-state index contributed by atoms with van der Waals surface area (Å²) in [6.45, 7) is 3.76. The van der Waals surface area contributed by atoms with E-state index in [-0.39, 0.29) is 0 Å². The minimum absolute atomic E-state index is 0.291. The van der Waals surface area contributed by atoms with E-state index >= 15 is 0 Å². The Morgan fingerprint density at radius 1 is 1.35 bits per heavy atom. The highest BCUT2D eigenvalue weighted by molar-refractivity contribution is 5.81. The highest BCUT2D eigenvalue weighted by atomic mass is 16.7. The number of benzene rings is 1. The lowest BCUT2D eigenvalue weighted by Crippen LogP contribution is -2.12. The lowest BCUT2D eigenvalue weighted by molar-refractivity contribution is 0.174. The molecule has 0 radical (unpaired) electrons. The maximum atomic E-state index is 5.64. The van der Waals surface area contributed by atoms with E-state index in [1.165, 1.54) is 0 Å². The molecule has 17 heavy (non-hydrogen) atoms. The van der Waals surface area contributed by atoms with Crippen molar-refractivity contribution >= 4 is 11.0 Å². The third kappa shape index (κ3) is 1.54. The Labute approximate surface area is 99.1 Å². The maximum absolute atomic E-state index is 5.64. The molecule has 0 fully saturated rings. The summed E-state index contributed by atoms with van der Waals surface area (Å²) in [7, 11) is 0. The van der Waals surface area contributed by atoms with Crippen LogP contribution in [-0.2, 0) is 13.0 Å². The van der Waals surface area contributed by atoms with Crippen LogP contribution in [-0.4, -0.2) is 22.9 Å². The summed E-state index contributed by atoms with van der Waals surface area (Å²) in [5, 5.41) is 0. The summed E-state index contributed by atoms with van der Waals surface area (Å²) in [5.41, 5.74) is 7.65. The van der Waals surface area contributed by atoms with Gasteiger partial charge in [-0.25, -0.2) is 4.98 Å². The van der Waals surface area contributed by atoms with Gasteiger partial charge in [-0.15, -0.1) is 0 Å². The molecule has 0 saturated heterocycles. The second-order valence-corrected chi connectivity index (χ2v) is 4.02. The van der Waals surface area contributed by atoms with E-state index in [1.807, 2.05) is 12.1 Å². The predicted molar refractivity (Wildman–Crippen MR) is 64.3 cm³/mol. The molecule has 2 heterocycles. The molecule has 2 aromatic rings. The monoisotopic (exact) mass is 233 g/mol. The summed E-state index contributed by atoms with van der Waals surface area (Å²) in [6.07, 6.45) is 0.890. The van der Waals surface area contributed by atoms with Gasteiger partial charge in [0.2, 0.25) is 6.79 Å². The van der Waals surface area contributed by atoms with Gasteiger partial charge < -0.3 is 19.8 Å². The van der Waals surface area contributed by atoms with Crippen LogP contribution in [0.3, 0.4) is 0 Å². The van der Waals surface area contributed by atoms with Crippen molar-refractivity contribution < 1.29 is 9.47 Å². The van der Waals surface area contributed by atoms with Gasteiger partial charge in [0.25, 0.3) is 0 Å². The van der Waals surface area contributed by atoms with Crippen molar-refractivity contribution in [3.63, 3.8) is 0 Å². The van der Waals surface area contributed by atoms with Crippen molar-refractivity contribution in [2.75, 3.05) is 13.3 Å². The van der Waals surface area contributed by atoms with Gasteiger partial charge in [0.15, 0.2) is 11.5 Å². The zero-order valence-corrected chi connectivity index (χ0v) is 9.77. The topological polar surface area (TPSA) is 62.3 Å². The van der Waals surface area contributed by atoms with Gasteiger partial charge in [-0.2, -0.15) is 0 Å². The van der Waals surface area contributed by atoms with Crippen LogP contribution in [0.1, 0.15) is 12.7 Å². The van der Waals surface area contributed by atoms with E-state index in [9.17, 15) is 0 Å². The van der Waals surface area contributed by atoms with E-state index in [4.69, 9.17) is 15.2 Å². The first-order chi connectivity index (χ1) is 8.33. The molecule has 1 aliphatic heterocycles. The van der Waals surface area contributed by atoms with Crippen LogP contribution in [0.15, 0.2) is 12.1 Å². The lowest BCUT2D eigenvalue weighted by atomic mass is 10.2. The number of rotatable bonds is 3. The molecule has 0 spiro atoms. The third-order valence-electron chi connectivity index (χ3n) is 2.99. The van der Waals surface area contributed by atoms with Crippen LogP contribution in [0.25, 0.3) is 11.0 Å². The Morgan fingerprint density at radius 2 is 2.12 bits per heavy atom. The van der Waals surface area contributed by atoms with Gasteiger partial charge in [0.05, 0.1) is 11.0 Å². The summed E-state index contributed by atoms with van der Waals surface area (Å²) in [6, 6.07) is 3.92. The number of imidazole rings is 1. The molecule has 1 aliphatic rings. The van der Waals surface area contributed by atoms with Crippen molar-refractivity contribution in [3.8, 4) is 11.5 Å². The number of ether oxygens (including phenoxy) is 2. The summed E-state index contributed by atoms with van der Waals surface area (Å²) >= 11 is 0. The quantitative estimate of drug-likeness (QED) is 0.867. The van der Waals surface area contributed by atoms with Gasteiger partial charge in [0.1, 0.15) is 5.82 Å². The number of aryl methyl sites for hydroxylation is 1. The second kappa shape index (κ2) is 3.92. The fourth-order valence-corrected chi connectivity index (χ4v) is 2.21. The largest absolute Gasteiger partial charge is 0.454 e. The van der Waals surface area contributed by atoms with Crippen LogP contribution in [0, 0.1) is 0 Å². The third-order valence-corrected chi connectivity index (χ3v) is 2.99. The molecular formula is C12H15N3O2. The van der Waals surface area contributed by atoms with Crippen LogP contribution < -0.4 is 15.2 Å². The van der Waals surface area contributed by atoms with Crippen LogP contribution in [0.4, 0.5) is 0 Å². The SMILES string of the molecule is CCc1nc2cc3c(cc2n1CCN)OCO3. The molecule has 1 aromatic carbocycles. The highest BCUT2D eigenvalue weighted by Gasteiger charge is 2.18. The molecule has 2 N–H and O–H groups in total. The Bertz CT molecular complexity index is 562. The smallest absolute Gasteiger partial charge is 0.231 e. The molecular weight excluding hydrogens is 218 g/mol. The van der Waals surface area contributed by atoms with Gasteiger partial charge in [-0.1, -0.05) is 6.92 Å². The molecule has 5 heteroatoms. The van der Waals surface area contributed by atoms with E-state index in [1.54, 1.807) is 0 Å². The lowest BCUT2D eigenvalue weighted by Gasteiger charge is -2.05. The number of hydrogen-bond donors (Lipinski definition) is 1. The first-order valence-corrected chi connectivity index (χ1v) is 5.82. The number of fused-ring (bicyclic) bond motifs is 2. The summed E-state index contributed by atoms with van der Waals surface area (Å²) < 4.78 is 12.9. The maximum Gasteiger partial charge on any atom is 0.231 e. The van der Waals surface area contributed by atoms with Gasteiger partial charge >= 0.3 is 0 Å². The van der Waals surface area contributed by atoms with E-state index in [0.29, 0.717) is 13.3 Å². The van der Waals surface area contributed by atoms with Crippen molar-refractivity contribution in [2.45, 2.75) is 19.9 Å². The fourth-order valence-electron chi connectivity index (χ4n) is 2.21. The number of nitrogens with zero attached hydrogens (tertiary/aromatic N) is 2. The first kappa shape index (κ1) is 10.4. The van der Waals surface area contributed by atoms with Gasteiger partial charge in [0, 0.05) is 31.6 Å². The average Bonchev–Trinajstić information content (AvgIpc) is 2.91. The minimum Gasteiger partial charge on any atom is -0.454 e. The molecule has 0 aliphatic carbocycles. The van der Waals surface area contributed by atoms with Crippen molar-refractivity contribution in [3.05, 3.63) is 18.0 Å². The van der Waals surface area contributed by atoms with E-state index < -0.39 is 0 Å². The zero-order chi connectivity index (χ0) is 11.8. The molecule has 5 nitrogen and oxygen atoms in total. The predicted octanol–water partition coefficient (Wildman–Crippen LogP) is 1.29. The number of aromatic nitrogens is 2. The van der Waals surface area contributed by atoms with Crippen molar-refractivity contribution in [1.29, 1.82) is 0 Å². The number of hydrogen-bond acceptors (Lipinski definition) is 4. The molecule has 0 atom stereocenters. The molecule has 3 rings (SSSR count). The minimum atomic E-state index is 0.291. The average molecular weight is 233 g/mol. The zero-order valence-electron chi connectivity index (χ0n) is 9.77. The van der Waals surface area contributed by atoms with Crippen LogP contribution in [0.5, 0.6) is 11.5 Å².